The Balaban J connectivity index is 2.12. The number of halogens is 1. The molecule has 0 saturated heterocycles. The predicted octanol–water partition coefficient (Wildman–Crippen LogP) is 4.13. The third-order valence-electron chi connectivity index (χ3n) is 4.30. The molecule has 112 valence electrons. The van der Waals surface area contributed by atoms with Gasteiger partial charge in [0, 0.05) is 11.7 Å². The predicted molar refractivity (Wildman–Crippen MR) is 81.2 cm³/mol. The number of hydrogen-bond donors (Lipinski definition) is 1. The van der Waals surface area contributed by atoms with Crippen molar-refractivity contribution in [1.82, 2.24) is 10.3 Å². The lowest BCUT2D eigenvalue weighted by atomic mass is 9.71. The standard InChI is InChI=1S/C17H27FN2/c1-12-5-6-13(10-20-17(2,3)4)16(7-12)14-8-15(18)11-19-9-14/h8-9,11-13,16,20H,5-7,10H2,1-4H3. The second-order valence-corrected chi connectivity index (χ2v) is 7.35. The Morgan fingerprint density at radius 2 is 2.05 bits per heavy atom. The van der Waals surface area contributed by atoms with E-state index in [0.717, 1.165) is 18.5 Å². The van der Waals surface area contributed by atoms with Crippen LogP contribution in [0, 0.1) is 17.7 Å². The van der Waals surface area contributed by atoms with E-state index in [9.17, 15) is 4.39 Å². The highest BCUT2D eigenvalue weighted by Crippen LogP contribution is 2.40. The Hall–Kier alpha value is -0.960. The van der Waals surface area contributed by atoms with Gasteiger partial charge in [-0.15, -0.1) is 0 Å². The van der Waals surface area contributed by atoms with Crippen molar-refractivity contribution < 1.29 is 4.39 Å². The first-order valence-corrected chi connectivity index (χ1v) is 7.70. The van der Waals surface area contributed by atoms with Gasteiger partial charge in [-0.25, -0.2) is 4.39 Å². The molecule has 20 heavy (non-hydrogen) atoms. The second-order valence-electron chi connectivity index (χ2n) is 7.35. The van der Waals surface area contributed by atoms with Gasteiger partial charge in [-0.1, -0.05) is 13.3 Å². The van der Waals surface area contributed by atoms with E-state index in [4.69, 9.17) is 0 Å². The first-order chi connectivity index (χ1) is 9.35. The van der Waals surface area contributed by atoms with Crippen LogP contribution >= 0.6 is 0 Å². The highest BCUT2D eigenvalue weighted by atomic mass is 19.1. The van der Waals surface area contributed by atoms with Crippen molar-refractivity contribution in [1.29, 1.82) is 0 Å². The zero-order valence-corrected chi connectivity index (χ0v) is 13.1. The molecular weight excluding hydrogens is 251 g/mol. The Labute approximate surface area is 122 Å². The van der Waals surface area contributed by atoms with E-state index in [1.54, 1.807) is 6.07 Å². The summed E-state index contributed by atoms with van der Waals surface area (Å²) < 4.78 is 13.4. The van der Waals surface area contributed by atoms with E-state index in [2.05, 4.69) is 38.0 Å². The first kappa shape index (κ1) is 15.4. The monoisotopic (exact) mass is 278 g/mol. The number of nitrogens with zero attached hydrogens (tertiary/aromatic N) is 1. The number of rotatable bonds is 3. The van der Waals surface area contributed by atoms with Crippen molar-refractivity contribution in [2.75, 3.05) is 6.54 Å². The number of aromatic nitrogens is 1. The van der Waals surface area contributed by atoms with Crippen molar-refractivity contribution in [3.63, 3.8) is 0 Å². The SMILES string of the molecule is CC1CCC(CNC(C)(C)C)C(c2cncc(F)c2)C1. The Bertz CT molecular complexity index is 439. The van der Waals surface area contributed by atoms with E-state index >= 15 is 0 Å². The van der Waals surface area contributed by atoms with Crippen LogP contribution in [0.4, 0.5) is 4.39 Å². The molecule has 3 heteroatoms. The van der Waals surface area contributed by atoms with Crippen molar-refractivity contribution in [2.24, 2.45) is 11.8 Å². The molecular formula is C17H27FN2. The van der Waals surface area contributed by atoms with E-state index in [1.807, 2.05) is 6.20 Å². The molecule has 1 aliphatic rings. The quantitative estimate of drug-likeness (QED) is 0.899. The van der Waals surface area contributed by atoms with Crippen LogP contribution < -0.4 is 5.32 Å². The van der Waals surface area contributed by atoms with Crippen molar-refractivity contribution >= 4 is 0 Å². The summed E-state index contributed by atoms with van der Waals surface area (Å²) in [4.78, 5) is 4.03. The van der Waals surface area contributed by atoms with E-state index in [0.29, 0.717) is 17.8 Å². The molecule has 1 heterocycles. The van der Waals surface area contributed by atoms with Gasteiger partial charge in [0.15, 0.2) is 0 Å². The third-order valence-corrected chi connectivity index (χ3v) is 4.30. The summed E-state index contributed by atoms with van der Waals surface area (Å²) in [6, 6.07) is 1.67. The van der Waals surface area contributed by atoms with Crippen LogP contribution in [0.1, 0.15) is 58.4 Å². The highest BCUT2D eigenvalue weighted by molar-refractivity contribution is 5.18. The molecule has 1 aliphatic carbocycles. The zero-order chi connectivity index (χ0) is 14.8. The van der Waals surface area contributed by atoms with Gasteiger partial charge in [0.05, 0.1) is 6.20 Å². The average molecular weight is 278 g/mol. The van der Waals surface area contributed by atoms with Crippen molar-refractivity contribution in [2.45, 2.75) is 58.4 Å². The molecule has 3 atom stereocenters. The maximum Gasteiger partial charge on any atom is 0.141 e. The molecule has 0 bridgehead atoms. The second kappa shape index (κ2) is 6.21. The highest BCUT2D eigenvalue weighted by Gasteiger charge is 2.30. The van der Waals surface area contributed by atoms with Crippen LogP contribution in [0.15, 0.2) is 18.5 Å². The van der Waals surface area contributed by atoms with Gasteiger partial charge < -0.3 is 5.32 Å². The number of hydrogen-bond acceptors (Lipinski definition) is 2. The van der Waals surface area contributed by atoms with Crippen LogP contribution in [0.3, 0.4) is 0 Å². The topological polar surface area (TPSA) is 24.9 Å². The van der Waals surface area contributed by atoms with Gasteiger partial charge in [0.25, 0.3) is 0 Å². The Morgan fingerprint density at radius 3 is 2.70 bits per heavy atom. The molecule has 1 aromatic rings. The molecule has 0 aromatic carbocycles. The maximum atomic E-state index is 13.4. The van der Waals surface area contributed by atoms with Crippen molar-refractivity contribution in [3.05, 3.63) is 29.8 Å². The Morgan fingerprint density at radius 1 is 1.30 bits per heavy atom. The minimum Gasteiger partial charge on any atom is -0.312 e. The van der Waals surface area contributed by atoms with Crippen molar-refractivity contribution in [3.8, 4) is 0 Å². The normalized spacial score (nSPS) is 27.6. The fraction of sp³-hybridized carbons (Fsp3) is 0.706. The minimum absolute atomic E-state index is 0.133. The van der Waals surface area contributed by atoms with Crippen LogP contribution in [0.5, 0.6) is 0 Å². The largest absolute Gasteiger partial charge is 0.312 e. The van der Waals surface area contributed by atoms with Gasteiger partial charge in [-0.05, 0) is 69.5 Å². The van der Waals surface area contributed by atoms with Gasteiger partial charge >= 0.3 is 0 Å². The number of nitrogens with one attached hydrogen (secondary N) is 1. The fourth-order valence-corrected chi connectivity index (χ4v) is 3.16. The molecule has 3 unspecified atom stereocenters. The summed E-state index contributed by atoms with van der Waals surface area (Å²) in [5, 5.41) is 3.61. The summed E-state index contributed by atoms with van der Waals surface area (Å²) >= 11 is 0. The molecule has 0 radical (unpaired) electrons. The molecule has 1 fully saturated rings. The van der Waals surface area contributed by atoms with E-state index < -0.39 is 0 Å². The molecule has 2 nitrogen and oxygen atoms in total. The van der Waals surface area contributed by atoms with Crippen LogP contribution in [0.2, 0.25) is 0 Å². The van der Waals surface area contributed by atoms with Gasteiger partial charge in [0.1, 0.15) is 5.82 Å². The van der Waals surface area contributed by atoms with Crippen LogP contribution in [0.25, 0.3) is 0 Å². The lowest BCUT2D eigenvalue weighted by Crippen LogP contribution is -2.41. The van der Waals surface area contributed by atoms with Gasteiger partial charge in [-0.3, -0.25) is 4.98 Å². The summed E-state index contributed by atoms with van der Waals surface area (Å²) in [6.07, 6.45) is 6.76. The molecule has 0 amide bonds. The lowest BCUT2D eigenvalue weighted by molar-refractivity contribution is 0.226. The maximum absolute atomic E-state index is 13.4. The van der Waals surface area contributed by atoms with Gasteiger partial charge in [-0.2, -0.15) is 0 Å². The molecule has 0 spiro atoms. The number of pyridine rings is 1. The molecule has 0 aliphatic heterocycles. The minimum atomic E-state index is -0.219. The summed E-state index contributed by atoms with van der Waals surface area (Å²) in [6.45, 7) is 9.87. The molecule has 1 N–H and O–H groups in total. The lowest BCUT2D eigenvalue weighted by Gasteiger charge is -2.37. The third kappa shape index (κ3) is 4.27. The zero-order valence-electron chi connectivity index (χ0n) is 13.1. The average Bonchev–Trinajstić information content (AvgIpc) is 2.36. The fourth-order valence-electron chi connectivity index (χ4n) is 3.16. The summed E-state index contributed by atoms with van der Waals surface area (Å²) in [5.74, 6) is 1.50. The van der Waals surface area contributed by atoms with E-state index in [1.165, 1.54) is 19.0 Å². The Kier molecular flexibility index (Phi) is 4.79. The molecule has 1 aromatic heterocycles. The van der Waals surface area contributed by atoms with Gasteiger partial charge in [0.2, 0.25) is 0 Å². The summed E-state index contributed by atoms with van der Waals surface area (Å²) in [7, 11) is 0. The van der Waals surface area contributed by atoms with Crippen LogP contribution in [-0.2, 0) is 0 Å². The molecule has 1 saturated carbocycles. The van der Waals surface area contributed by atoms with E-state index in [-0.39, 0.29) is 11.4 Å². The smallest absolute Gasteiger partial charge is 0.141 e. The summed E-state index contributed by atoms with van der Waals surface area (Å²) in [5.41, 5.74) is 1.20. The first-order valence-electron chi connectivity index (χ1n) is 7.70. The van der Waals surface area contributed by atoms with Crippen LogP contribution in [-0.4, -0.2) is 17.1 Å². The molecule has 2 rings (SSSR count).